The fourth-order valence-corrected chi connectivity index (χ4v) is 3.06. The lowest BCUT2D eigenvalue weighted by Crippen LogP contribution is -2.03. The molecule has 0 radical (unpaired) electrons. The fourth-order valence-electron chi connectivity index (χ4n) is 3.06. The van der Waals surface area contributed by atoms with Gasteiger partial charge in [-0.05, 0) is 46.3 Å². The van der Waals surface area contributed by atoms with Crippen LogP contribution in [0.3, 0.4) is 0 Å². The summed E-state index contributed by atoms with van der Waals surface area (Å²) >= 11 is 0. The van der Waals surface area contributed by atoms with Crippen LogP contribution in [-0.2, 0) is 6.54 Å². The normalized spacial score (nSPS) is 12.2. The second kappa shape index (κ2) is 6.83. The van der Waals surface area contributed by atoms with Gasteiger partial charge in [0.1, 0.15) is 6.10 Å². The van der Waals surface area contributed by atoms with Crippen molar-refractivity contribution < 1.29 is 5.11 Å². The van der Waals surface area contributed by atoms with E-state index >= 15 is 0 Å². The zero-order valence-electron chi connectivity index (χ0n) is 13.8. The second-order valence-corrected chi connectivity index (χ2v) is 6.19. The topological polar surface area (TPSA) is 48.0 Å². The third-order valence-corrected chi connectivity index (χ3v) is 4.43. The number of H-pyrrole nitrogens is 1. The molecule has 1 aromatic heterocycles. The molecule has 3 nitrogen and oxygen atoms in total. The highest BCUT2D eigenvalue weighted by atomic mass is 16.3. The SMILES string of the molecule is OC(c1ccccc1)c1cccc(NCc2ccc3cc[nH]c3c2)c1. The van der Waals surface area contributed by atoms with E-state index in [4.69, 9.17) is 0 Å². The largest absolute Gasteiger partial charge is 0.384 e. The van der Waals surface area contributed by atoms with Gasteiger partial charge in [-0.1, -0.05) is 54.6 Å². The summed E-state index contributed by atoms with van der Waals surface area (Å²) in [6.07, 6.45) is 1.34. The number of anilines is 1. The minimum absolute atomic E-state index is 0.613. The van der Waals surface area contributed by atoms with E-state index in [0.29, 0.717) is 0 Å². The smallest absolute Gasteiger partial charge is 0.104 e. The molecule has 0 spiro atoms. The Labute approximate surface area is 147 Å². The van der Waals surface area contributed by atoms with Crippen molar-refractivity contribution in [3.05, 3.63) is 102 Å². The van der Waals surface area contributed by atoms with Crippen LogP contribution in [0.5, 0.6) is 0 Å². The minimum Gasteiger partial charge on any atom is -0.384 e. The predicted octanol–water partition coefficient (Wildman–Crippen LogP) is 4.86. The molecule has 0 amide bonds. The minimum atomic E-state index is -0.613. The summed E-state index contributed by atoms with van der Waals surface area (Å²) in [6.45, 7) is 0.736. The van der Waals surface area contributed by atoms with E-state index in [-0.39, 0.29) is 0 Å². The Morgan fingerprint density at radius 3 is 2.56 bits per heavy atom. The summed E-state index contributed by atoms with van der Waals surface area (Å²) in [4.78, 5) is 3.24. The molecule has 0 saturated heterocycles. The first-order chi connectivity index (χ1) is 12.3. The van der Waals surface area contributed by atoms with Crippen LogP contribution in [0.4, 0.5) is 5.69 Å². The summed E-state index contributed by atoms with van der Waals surface area (Å²) in [5.41, 5.74) is 5.14. The van der Waals surface area contributed by atoms with E-state index in [0.717, 1.165) is 28.9 Å². The third kappa shape index (κ3) is 3.42. The lowest BCUT2D eigenvalue weighted by molar-refractivity contribution is 0.220. The van der Waals surface area contributed by atoms with Gasteiger partial charge in [0.25, 0.3) is 0 Å². The molecule has 0 saturated carbocycles. The number of nitrogens with one attached hydrogen (secondary N) is 2. The first-order valence-electron chi connectivity index (χ1n) is 8.42. The van der Waals surface area contributed by atoms with Gasteiger partial charge in [-0.3, -0.25) is 0 Å². The number of aromatic amines is 1. The number of aromatic nitrogens is 1. The number of aliphatic hydroxyl groups excluding tert-OH is 1. The Morgan fingerprint density at radius 1 is 0.840 bits per heavy atom. The van der Waals surface area contributed by atoms with Gasteiger partial charge in [-0.15, -0.1) is 0 Å². The van der Waals surface area contributed by atoms with Crippen LogP contribution < -0.4 is 5.32 Å². The van der Waals surface area contributed by atoms with E-state index in [9.17, 15) is 5.11 Å². The van der Waals surface area contributed by atoms with Gasteiger partial charge >= 0.3 is 0 Å². The summed E-state index contributed by atoms with van der Waals surface area (Å²) < 4.78 is 0. The maximum atomic E-state index is 10.6. The molecule has 0 bridgehead atoms. The van der Waals surface area contributed by atoms with Crippen molar-refractivity contribution in [2.45, 2.75) is 12.6 Å². The Morgan fingerprint density at radius 2 is 1.68 bits per heavy atom. The maximum absolute atomic E-state index is 10.6. The second-order valence-electron chi connectivity index (χ2n) is 6.19. The molecule has 4 rings (SSSR count). The van der Waals surface area contributed by atoms with E-state index in [1.54, 1.807) is 0 Å². The highest BCUT2D eigenvalue weighted by Crippen LogP contribution is 2.24. The Kier molecular flexibility index (Phi) is 4.23. The molecule has 25 heavy (non-hydrogen) atoms. The molecule has 4 aromatic rings. The van der Waals surface area contributed by atoms with Crippen molar-refractivity contribution in [3.8, 4) is 0 Å². The van der Waals surface area contributed by atoms with Crippen molar-refractivity contribution in [2.75, 3.05) is 5.32 Å². The highest BCUT2D eigenvalue weighted by Gasteiger charge is 2.10. The molecule has 1 unspecified atom stereocenters. The Bertz CT molecular complexity index is 975. The first-order valence-corrected chi connectivity index (χ1v) is 8.42. The summed E-state index contributed by atoms with van der Waals surface area (Å²) in [7, 11) is 0. The first kappa shape index (κ1) is 15.5. The number of benzene rings is 3. The average molecular weight is 328 g/mol. The van der Waals surface area contributed by atoms with Crippen molar-refractivity contribution in [2.24, 2.45) is 0 Å². The molecular formula is C22H20N2O. The van der Waals surface area contributed by atoms with Crippen LogP contribution in [0.2, 0.25) is 0 Å². The van der Waals surface area contributed by atoms with Crippen LogP contribution in [0.1, 0.15) is 22.8 Å². The fraction of sp³-hybridized carbons (Fsp3) is 0.0909. The van der Waals surface area contributed by atoms with Crippen molar-refractivity contribution >= 4 is 16.6 Å². The van der Waals surface area contributed by atoms with Crippen LogP contribution in [0.15, 0.2) is 85.1 Å². The van der Waals surface area contributed by atoms with Crippen LogP contribution in [-0.4, -0.2) is 10.1 Å². The lowest BCUT2D eigenvalue weighted by Gasteiger charge is -2.14. The molecule has 3 N–H and O–H groups in total. The molecule has 1 heterocycles. The van der Waals surface area contributed by atoms with Crippen LogP contribution in [0, 0.1) is 0 Å². The van der Waals surface area contributed by atoms with E-state index in [1.807, 2.05) is 60.8 Å². The summed E-state index contributed by atoms with van der Waals surface area (Å²) in [5, 5.41) is 15.2. The Hall–Kier alpha value is -3.04. The Balaban J connectivity index is 1.49. The van der Waals surface area contributed by atoms with E-state index < -0.39 is 6.10 Å². The zero-order chi connectivity index (χ0) is 17.1. The van der Waals surface area contributed by atoms with Gasteiger partial charge in [0.2, 0.25) is 0 Å². The van der Waals surface area contributed by atoms with E-state index in [2.05, 4.69) is 34.6 Å². The highest BCUT2D eigenvalue weighted by molar-refractivity contribution is 5.79. The third-order valence-electron chi connectivity index (χ3n) is 4.43. The van der Waals surface area contributed by atoms with Crippen LogP contribution >= 0.6 is 0 Å². The molecule has 124 valence electrons. The number of aliphatic hydroxyl groups is 1. The van der Waals surface area contributed by atoms with Gasteiger partial charge in [-0.25, -0.2) is 0 Å². The quantitative estimate of drug-likeness (QED) is 0.490. The standard InChI is InChI=1S/C22H20N2O/c25-22(18-5-2-1-3-6-18)19-7-4-8-20(14-19)24-15-16-9-10-17-11-12-23-21(17)13-16/h1-14,22-25H,15H2. The monoisotopic (exact) mass is 328 g/mol. The van der Waals surface area contributed by atoms with Gasteiger partial charge in [0, 0.05) is 23.9 Å². The number of hydrogen-bond acceptors (Lipinski definition) is 2. The molecule has 3 heteroatoms. The van der Waals surface area contributed by atoms with Crippen LogP contribution in [0.25, 0.3) is 10.9 Å². The molecule has 1 atom stereocenters. The van der Waals surface area contributed by atoms with Gasteiger partial charge in [-0.2, -0.15) is 0 Å². The van der Waals surface area contributed by atoms with Gasteiger partial charge in [0.15, 0.2) is 0 Å². The maximum Gasteiger partial charge on any atom is 0.104 e. The lowest BCUT2D eigenvalue weighted by atomic mass is 10.0. The molecule has 0 aliphatic rings. The van der Waals surface area contributed by atoms with E-state index in [1.165, 1.54) is 10.9 Å². The van der Waals surface area contributed by atoms with Gasteiger partial charge in [0.05, 0.1) is 0 Å². The molecule has 0 aliphatic heterocycles. The molecular weight excluding hydrogens is 308 g/mol. The molecule has 3 aromatic carbocycles. The summed E-state index contributed by atoms with van der Waals surface area (Å²) in [6, 6.07) is 26.2. The van der Waals surface area contributed by atoms with Crippen molar-refractivity contribution in [1.29, 1.82) is 0 Å². The number of fused-ring (bicyclic) bond motifs is 1. The van der Waals surface area contributed by atoms with Gasteiger partial charge < -0.3 is 15.4 Å². The van der Waals surface area contributed by atoms with Crippen molar-refractivity contribution in [3.63, 3.8) is 0 Å². The molecule has 0 aliphatic carbocycles. The number of rotatable bonds is 5. The molecule has 0 fully saturated rings. The predicted molar refractivity (Wildman–Crippen MR) is 103 cm³/mol. The zero-order valence-corrected chi connectivity index (χ0v) is 13.8. The van der Waals surface area contributed by atoms with Crippen molar-refractivity contribution in [1.82, 2.24) is 4.98 Å². The average Bonchev–Trinajstić information content (AvgIpc) is 3.14. The number of hydrogen-bond donors (Lipinski definition) is 3. The summed E-state index contributed by atoms with van der Waals surface area (Å²) in [5.74, 6) is 0.